The average Bonchev–Trinajstić information content (AvgIpc) is 2.31. The van der Waals surface area contributed by atoms with Crippen molar-refractivity contribution in [3.8, 4) is 0 Å². The summed E-state index contributed by atoms with van der Waals surface area (Å²) in [5.41, 5.74) is 8.04. The quantitative estimate of drug-likeness (QED) is 0.813. The number of nitrogens with zero attached hydrogens (tertiary/aromatic N) is 2. The summed E-state index contributed by atoms with van der Waals surface area (Å²) in [7, 11) is 0. The number of rotatable bonds is 3. The Balaban J connectivity index is 2.02. The third-order valence-electron chi connectivity index (χ3n) is 3.03. The molecule has 0 spiro atoms. The Morgan fingerprint density at radius 2 is 2.07 bits per heavy atom. The summed E-state index contributed by atoms with van der Waals surface area (Å²) >= 11 is 0. The molecule has 15 heavy (non-hydrogen) atoms. The molecule has 0 atom stereocenters. The summed E-state index contributed by atoms with van der Waals surface area (Å²) in [5.74, 6) is 0. The van der Waals surface area contributed by atoms with Crippen LogP contribution in [0.2, 0.25) is 0 Å². The second kappa shape index (κ2) is 5.24. The number of hydrogen-bond acceptors (Lipinski definition) is 3. The fraction of sp³-hybridized carbons (Fsp3) is 0.583. The van der Waals surface area contributed by atoms with Gasteiger partial charge in [0.25, 0.3) is 0 Å². The highest BCUT2D eigenvalue weighted by atomic mass is 15.1. The van der Waals surface area contributed by atoms with Crippen molar-refractivity contribution in [1.29, 1.82) is 0 Å². The van der Waals surface area contributed by atoms with Crippen molar-refractivity contribution < 1.29 is 0 Å². The SMILES string of the molecule is NCc1cccnc1CN1CCCCC1. The van der Waals surface area contributed by atoms with Gasteiger partial charge in [-0.2, -0.15) is 0 Å². The van der Waals surface area contributed by atoms with Gasteiger partial charge < -0.3 is 5.73 Å². The van der Waals surface area contributed by atoms with Crippen molar-refractivity contribution in [2.24, 2.45) is 5.73 Å². The van der Waals surface area contributed by atoms with Crippen molar-refractivity contribution in [3.05, 3.63) is 29.6 Å². The number of nitrogens with two attached hydrogens (primary N) is 1. The van der Waals surface area contributed by atoms with Crippen molar-refractivity contribution in [1.82, 2.24) is 9.88 Å². The molecule has 0 saturated carbocycles. The van der Waals surface area contributed by atoms with E-state index in [1.165, 1.54) is 37.9 Å². The van der Waals surface area contributed by atoms with Gasteiger partial charge in [-0.05, 0) is 37.6 Å². The molecule has 0 bridgehead atoms. The minimum absolute atomic E-state index is 0.594. The largest absolute Gasteiger partial charge is 0.326 e. The van der Waals surface area contributed by atoms with Gasteiger partial charge >= 0.3 is 0 Å². The molecular formula is C12H19N3. The van der Waals surface area contributed by atoms with Crippen LogP contribution < -0.4 is 5.73 Å². The van der Waals surface area contributed by atoms with Gasteiger partial charge in [-0.3, -0.25) is 9.88 Å². The van der Waals surface area contributed by atoms with Crippen LogP contribution in [0.15, 0.2) is 18.3 Å². The molecule has 1 saturated heterocycles. The molecule has 2 rings (SSSR count). The summed E-state index contributed by atoms with van der Waals surface area (Å²) in [4.78, 5) is 6.90. The van der Waals surface area contributed by atoms with Gasteiger partial charge in [-0.25, -0.2) is 0 Å². The Bertz CT molecular complexity index is 305. The average molecular weight is 205 g/mol. The summed E-state index contributed by atoms with van der Waals surface area (Å²) in [6.45, 7) is 3.98. The van der Waals surface area contributed by atoms with E-state index in [0.29, 0.717) is 6.54 Å². The first-order chi connectivity index (χ1) is 7.40. The van der Waals surface area contributed by atoms with E-state index in [4.69, 9.17) is 5.73 Å². The Morgan fingerprint density at radius 3 is 2.80 bits per heavy atom. The summed E-state index contributed by atoms with van der Waals surface area (Å²) in [6, 6.07) is 4.04. The molecule has 1 aliphatic heterocycles. The lowest BCUT2D eigenvalue weighted by Crippen LogP contribution is -2.30. The van der Waals surface area contributed by atoms with Crippen LogP contribution in [-0.2, 0) is 13.1 Å². The third-order valence-corrected chi connectivity index (χ3v) is 3.03. The Hall–Kier alpha value is -0.930. The van der Waals surface area contributed by atoms with Gasteiger partial charge in [0.1, 0.15) is 0 Å². The van der Waals surface area contributed by atoms with Gasteiger partial charge in [0.15, 0.2) is 0 Å². The maximum absolute atomic E-state index is 5.70. The smallest absolute Gasteiger partial charge is 0.0588 e. The van der Waals surface area contributed by atoms with Crippen LogP contribution in [-0.4, -0.2) is 23.0 Å². The van der Waals surface area contributed by atoms with Crippen LogP contribution in [0.1, 0.15) is 30.5 Å². The number of pyridine rings is 1. The van der Waals surface area contributed by atoms with Crippen LogP contribution in [0.3, 0.4) is 0 Å². The van der Waals surface area contributed by atoms with Crippen LogP contribution in [0, 0.1) is 0 Å². The molecule has 1 aliphatic rings. The highest BCUT2D eigenvalue weighted by molar-refractivity contribution is 5.19. The number of hydrogen-bond donors (Lipinski definition) is 1. The minimum Gasteiger partial charge on any atom is -0.326 e. The maximum atomic E-state index is 5.70. The molecule has 0 radical (unpaired) electrons. The first-order valence-corrected chi connectivity index (χ1v) is 5.75. The van der Waals surface area contributed by atoms with E-state index in [-0.39, 0.29) is 0 Å². The van der Waals surface area contributed by atoms with Gasteiger partial charge in [0.05, 0.1) is 5.69 Å². The molecule has 1 aromatic heterocycles. The minimum atomic E-state index is 0.594. The van der Waals surface area contributed by atoms with E-state index in [0.717, 1.165) is 12.2 Å². The zero-order valence-electron chi connectivity index (χ0n) is 9.15. The van der Waals surface area contributed by atoms with E-state index in [1.807, 2.05) is 12.3 Å². The molecule has 0 unspecified atom stereocenters. The topological polar surface area (TPSA) is 42.1 Å². The van der Waals surface area contributed by atoms with Crippen molar-refractivity contribution in [3.63, 3.8) is 0 Å². The lowest BCUT2D eigenvalue weighted by atomic mass is 10.1. The molecule has 0 aromatic carbocycles. The van der Waals surface area contributed by atoms with E-state index in [9.17, 15) is 0 Å². The zero-order valence-corrected chi connectivity index (χ0v) is 9.15. The van der Waals surface area contributed by atoms with E-state index >= 15 is 0 Å². The van der Waals surface area contributed by atoms with Crippen LogP contribution in [0.4, 0.5) is 0 Å². The summed E-state index contributed by atoms with van der Waals surface area (Å²) in [6.07, 6.45) is 5.89. The molecule has 2 N–H and O–H groups in total. The fourth-order valence-corrected chi connectivity index (χ4v) is 2.13. The zero-order chi connectivity index (χ0) is 10.5. The summed E-state index contributed by atoms with van der Waals surface area (Å²) in [5, 5.41) is 0. The molecular weight excluding hydrogens is 186 g/mol. The number of aromatic nitrogens is 1. The Labute approximate surface area is 91.3 Å². The first-order valence-electron chi connectivity index (χ1n) is 5.75. The molecule has 3 heteroatoms. The van der Waals surface area contributed by atoms with E-state index in [2.05, 4.69) is 16.0 Å². The lowest BCUT2D eigenvalue weighted by Gasteiger charge is -2.26. The molecule has 0 amide bonds. The van der Waals surface area contributed by atoms with E-state index in [1.54, 1.807) is 0 Å². The molecule has 3 nitrogen and oxygen atoms in total. The van der Waals surface area contributed by atoms with Gasteiger partial charge in [-0.15, -0.1) is 0 Å². The molecule has 0 aliphatic carbocycles. The van der Waals surface area contributed by atoms with E-state index < -0.39 is 0 Å². The Morgan fingerprint density at radius 1 is 1.27 bits per heavy atom. The molecule has 1 fully saturated rings. The predicted molar refractivity (Wildman–Crippen MR) is 61.3 cm³/mol. The Kier molecular flexibility index (Phi) is 3.69. The van der Waals surface area contributed by atoms with Gasteiger partial charge in [-0.1, -0.05) is 12.5 Å². The number of piperidine rings is 1. The fourth-order valence-electron chi connectivity index (χ4n) is 2.13. The first kappa shape index (κ1) is 10.6. The lowest BCUT2D eigenvalue weighted by molar-refractivity contribution is 0.218. The van der Waals surface area contributed by atoms with Gasteiger partial charge in [0.2, 0.25) is 0 Å². The van der Waals surface area contributed by atoms with Crippen LogP contribution >= 0.6 is 0 Å². The highest BCUT2D eigenvalue weighted by Crippen LogP contribution is 2.13. The summed E-state index contributed by atoms with van der Waals surface area (Å²) < 4.78 is 0. The predicted octanol–water partition coefficient (Wildman–Crippen LogP) is 1.53. The third kappa shape index (κ3) is 2.76. The second-order valence-electron chi connectivity index (χ2n) is 4.15. The highest BCUT2D eigenvalue weighted by Gasteiger charge is 2.12. The number of likely N-dealkylation sites (tertiary alicyclic amines) is 1. The molecule has 82 valence electrons. The van der Waals surface area contributed by atoms with Gasteiger partial charge in [0, 0.05) is 19.3 Å². The van der Waals surface area contributed by atoms with Crippen molar-refractivity contribution >= 4 is 0 Å². The molecule has 2 heterocycles. The van der Waals surface area contributed by atoms with Crippen LogP contribution in [0.5, 0.6) is 0 Å². The normalized spacial score (nSPS) is 17.9. The molecule has 1 aromatic rings. The second-order valence-corrected chi connectivity index (χ2v) is 4.15. The standard InChI is InChI=1S/C12H19N3/c13-9-11-5-4-6-14-12(11)10-15-7-2-1-3-8-15/h4-6H,1-3,7-10,13H2. The monoisotopic (exact) mass is 205 g/mol. The van der Waals surface area contributed by atoms with Crippen molar-refractivity contribution in [2.75, 3.05) is 13.1 Å². The van der Waals surface area contributed by atoms with Crippen LogP contribution in [0.25, 0.3) is 0 Å². The van der Waals surface area contributed by atoms with Crippen molar-refractivity contribution in [2.45, 2.75) is 32.4 Å². The maximum Gasteiger partial charge on any atom is 0.0588 e.